The summed E-state index contributed by atoms with van der Waals surface area (Å²) in [6, 6.07) is 3.99. The average Bonchev–Trinajstić information content (AvgIpc) is 3.49. The number of carbonyl (C=O) groups excluding carboxylic acids is 2. The van der Waals surface area contributed by atoms with E-state index in [0.29, 0.717) is 37.5 Å². The molecule has 0 radical (unpaired) electrons. The van der Waals surface area contributed by atoms with Crippen molar-refractivity contribution in [1.29, 1.82) is 0 Å². The molecule has 10 nitrogen and oxygen atoms in total. The molecule has 1 aromatic carbocycles. The van der Waals surface area contributed by atoms with E-state index < -0.39 is 21.9 Å². The van der Waals surface area contributed by atoms with Crippen molar-refractivity contribution < 1.29 is 27.5 Å². The highest BCUT2D eigenvalue weighted by Gasteiger charge is 2.28. The SMILES string of the molecule is CCN1CCC/C1=N/S(=O)(=O)c1ccc(OC)c(C(=O)N/C(C(=O)OC)=C2\CCCN2CC)c1. The number of amidine groups is 1. The van der Waals surface area contributed by atoms with Crippen LogP contribution in [-0.4, -0.2) is 76.3 Å². The van der Waals surface area contributed by atoms with E-state index in [-0.39, 0.29) is 21.9 Å². The molecular weight excluding hydrogens is 460 g/mol. The van der Waals surface area contributed by atoms with Crippen LogP contribution in [0.15, 0.2) is 38.9 Å². The molecule has 11 heteroatoms. The number of benzene rings is 1. The topological polar surface area (TPSA) is 118 Å². The zero-order chi connectivity index (χ0) is 24.9. The highest BCUT2D eigenvalue weighted by Crippen LogP contribution is 2.27. The molecular formula is C23H32N4O6S. The average molecular weight is 493 g/mol. The van der Waals surface area contributed by atoms with Crippen molar-refractivity contribution in [3.8, 4) is 5.75 Å². The summed E-state index contributed by atoms with van der Waals surface area (Å²) in [4.78, 5) is 29.5. The molecule has 2 aliphatic rings. The van der Waals surface area contributed by atoms with Crippen molar-refractivity contribution in [2.75, 3.05) is 40.4 Å². The van der Waals surface area contributed by atoms with Gasteiger partial charge in [-0.05, 0) is 51.3 Å². The lowest BCUT2D eigenvalue weighted by Crippen LogP contribution is -2.33. The quantitative estimate of drug-likeness (QED) is 0.433. The van der Waals surface area contributed by atoms with E-state index in [0.717, 1.165) is 25.9 Å². The molecule has 1 N–H and O–H groups in total. The first-order valence-corrected chi connectivity index (χ1v) is 12.8. The Kier molecular flexibility index (Phi) is 8.19. The summed E-state index contributed by atoms with van der Waals surface area (Å²) in [6.07, 6.45) is 2.90. The molecule has 1 aromatic rings. The van der Waals surface area contributed by atoms with E-state index in [1.165, 1.54) is 32.4 Å². The van der Waals surface area contributed by atoms with Gasteiger partial charge in [0, 0.05) is 38.3 Å². The van der Waals surface area contributed by atoms with Crippen molar-refractivity contribution in [2.45, 2.75) is 44.4 Å². The van der Waals surface area contributed by atoms with E-state index >= 15 is 0 Å². The zero-order valence-electron chi connectivity index (χ0n) is 20.1. The number of likely N-dealkylation sites (tertiary alicyclic amines) is 2. The maximum atomic E-state index is 13.2. The molecule has 0 spiro atoms. The minimum atomic E-state index is -4.05. The number of methoxy groups -OCH3 is 2. The maximum Gasteiger partial charge on any atom is 0.356 e. The second-order valence-corrected chi connectivity index (χ2v) is 9.58. The van der Waals surface area contributed by atoms with Gasteiger partial charge in [-0.2, -0.15) is 8.42 Å². The standard InChI is InChI=1S/C23H32N4O6S/c1-5-26-13-7-9-18(26)21(23(29)33-4)24-22(28)17-15-16(11-12-19(17)32-3)34(30,31)25-20-10-8-14-27(20)6-2/h11-12,15H,5-10,13-14H2,1-4H3,(H,24,28)/b21-18+,25-20-. The summed E-state index contributed by atoms with van der Waals surface area (Å²) in [7, 11) is -1.42. The van der Waals surface area contributed by atoms with Gasteiger partial charge in [-0.3, -0.25) is 4.79 Å². The normalized spacial score (nSPS) is 18.9. The third-order valence-corrected chi connectivity index (χ3v) is 7.34. The van der Waals surface area contributed by atoms with Crippen molar-refractivity contribution >= 4 is 27.7 Å². The van der Waals surface area contributed by atoms with Gasteiger partial charge in [0.1, 0.15) is 17.3 Å². The zero-order valence-corrected chi connectivity index (χ0v) is 20.9. The van der Waals surface area contributed by atoms with Crippen LogP contribution in [0.5, 0.6) is 5.75 Å². The Morgan fingerprint density at radius 1 is 1.06 bits per heavy atom. The number of ether oxygens (including phenoxy) is 2. The first kappa shape index (κ1) is 25.5. The van der Waals surface area contributed by atoms with Crippen molar-refractivity contribution in [1.82, 2.24) is 15.1 Å². The Balaban J connectivity index is 1.98. The van der Waals surface area contributed by atoms with Crippen LogP contribution in [0.1, 0.15) is 49.9 Å². The van der Waals surface area contributed by atoms with Crippen LogP contribution in [0.25, 0.3) is 0 Å². The lowest BCUT2D eigenvalue weighted by atomic mass is 10.1. The summed E-state index contributed by atoms with van der Waals surface area (Å²) in [5.41, 5.74) is 0.718. The molecule has 2 fully saturated rings. The van der Waals surface area contributed by atoms with Gasteiger partial charge in [0.25, 0.3) is 15.9 Å². The van der Waals surface area contributed by atoms with Crippen LogP contribution < -0.4 is 10.1 Å². The van der Waals surface area contributed by atoms with Gasteiger partial charge in [0.05, 0.1) is 24.7 Å². The predicted molar refractivity (Wildman–Crippen MR) is 127 cm³/mol. The van der Waals surface area contributed by atoms with Gasteiger partial charge < -0.3 is 24.6 Å². The number of nitrogens with one attached hydrogen (secondary N) is 1. The Bertz CT molecular complexity index is 1110. The highest BCUT2D eigenvalue weighted by atomic mass is 32.2. The molecule has 3 rings (SSSR count). The van der Waals surface area contributed by atoms with Crippen molar-refractivity contribution in [3.05, 3.63) is 35.2 Å². The van der Waals surface area contributed by atoms with E-state index in [1.807, 2.05) is 23.6 Å². The van der Waals surface area contributed by atoms with Gasteiger partial charge in [-0.15, -0.1) is 4.40 Å². The van der Waals surface area contributed by atoms with Crippen molar-refractivity contribution in [2.24, 2.45) is 4.40 Å². The fourth-order valence-electron chi connectivity index (χ4n) is 4.26. The summed E-state index contributed by atoms with van der Waals surface area (Å²) < 4.78 is 40.2. The Morgan fingerprint density at radius 2 is 1.74 bits per heavy atom. The Labute approximate surface area is 200 Å². The van der Waals surface area contributed by atoms with Gasteiger partial charge >= 0.3 is 5.97 Å². The molecule has 0 atom stereocenters. The monoisotopic (exact) mass is 492 g/mol. The predicted octanol–water partition coefficient (Wildman–Crippen LogP) is 2.13. The first-order chi connectivity index (χ1) is 16.2. The molecule has 1 amide bonds. The first-order valence-electron chi connectivity index (χ1n) is 11.4. The summed E-state index contributed by atoms with van der Waals surface area (Å²) in [5.74, 6) is -0.650. The number of allylic oxidation sites excluding steroid dienone is 1. The van der Waals surface area contributed by atoms with Crippen LogP contribution in [-0.2, 0) is 19.6 Å². The molecule has 2 saturated heterocycles. The number of amides is 1. The third-order valence-electron chi connectivity index (χ3n) is 6.04. The van der Waals surface area contributed by atoms with Crippen LogP contribution in [0.3, 0.4) is 0 Å². The molecule has 2 heterocycles. The molecule has 0 saturated carbocycles. The summed E-state index contributed by atoms with van der Waals surface area (Å²) in [5, 5.41) is 2.64. The van der Waals surface area contributed by atoms with Crippen LogP contribution in [0, 0.1) is 0 Å². The molecule has 2 aliphatic heterocycles. The molecule has 186 valence electrons. The molecule has 0 aromatic heterocycles. The lowest BCUT2D eigenvalue weighted by molar-refractivity contribution is -0.136. The van der Waals surface area contributed by atoms with Gasteiger partial charge in [-0.25, -0.2) is 4.79 Å². The van der Waals surface area contributed by atoms with Crippen LogP contribution >= 0.6 is 0 Å². The molecule has 0 bridgehead atoms. The van der Waals surface area contributed by atoms with Gasteiger partial charge in [0.15, 0.2) is 0 Å². The van der Waals surface area contributed by atoms with E-state index in [2.05, 4.69) is 9.71 Å². The number of carbonyl (C=O) groups is 2. The molecule has 0 unspecified atom stereocenters. The fraction of sp³-hybridized carbons (Fsp3) is 0.522. The Morgan fingerprint density at radius 3 is 2.38 bits per heavy atom. The number of esters is 1. The van der Waals surface area contributed by atoms with E-state index in [4.69, 9.17) is 9.47 Å². The largest absolute Gasteiger partial charge is 0.496 e. The van der Waals surface area contributed by atoms with Crippen LogP contribution in [0.4, 0.5) is 0 Å². The molecule has 34 heavy (non-hydrogen) atoms. The van der Waals surface area contributed by atoms with Gasteiger partial charge in [0.2, 0.25) is 0 Å². The second-order valence-electron chi connectivity index (χ2n) is 7.98. The Hall–Kier alpha value is -3.08. The smallest absolute Gasteiger partial charge is 0.356 e. The maximum absolute atomic E-state index is 13.2. The number of rotatable bonds is 8. The third kappa shape index (κ3) is 5.35. The lowest BCUT2D eigenvalue weighted by Gasteiger charge is -2.21. The number of sulfonamides is 1. The fourth-order valence-corrected chi connectivity index (χ4v) is 5.36. The summed E-state index contributed by atoms with van der Waals surface area (Å²) in [6.45, 7) is 6.79. The highest BCUT2D eigenvalue weighted by molar-refractivity contribution is 7.90. The summed E-state index contributed by atoms with van der Waals surface area (Å²) >= 11 is 0. The number of hydrogen-bond acceptors (Lipinski definition) is 7. The molecule has 0 aliphatic carbocycles. The van der Waals surface area contributed by atoms with Crippen LogP contribution in [0.2, 0.25) is 0 Å². The number of hydrogen-bond donors (Lipinski definition) is 1. The van der Waals surface area contributed by atoms with Crippen molar-refractivity contribution in [3.63, 3.8) is 0 Å². The van der Waals surface area contributed by atoms with E-state index in [1.54, 1.807) is 0 Å². The van der Waals surface area contributed by atoms with E-state index in [9.17, 15) is 18.0 Å². The minimum Gasteiger partial charge on any atom is -0.496 e. The minimum absolute atomic E-state index is 0.0226. The van der Waals surface area contributed by atoms with Gasteiger partial charge in [-0.1, -0.05) is 0 Å². The second kappa shape index (κ2) is 10.9. The number of nitrogens with zero attached hydrogens (tertiary/aromatic N) is 3.